The lowest BCUT2D eigenvalue weighted by Crippen LogP contribution is -2.47. The second-order valence-electron chi connectivity index (χ2n) is 8.47. The molecule has 3 amide bonds. The lowest BCUT2D eigenvalue weighted by atomic mass is 9.87. The quantitative estimate of drug-likeness (QED) is 0.451. The molecule has 174 valence electrons. The van der Waals surface area contributed by atoms with Crippen molar-refractivity contribution < 1.29 is 19.1 Å². The summed E-state index contributed by atoms with van der Waals surface area (Å²) < 4.78 is 11.0. The molecule has 1 aliphatic heterocycles. The van der Waals surface area contributed by atoms with Crippen LogP contribution in [0.2, 0.25) is 0 Å². The number of amides is 3. The van der Waals surface area contributed by atoms with Gasteiger partial charge in [0, 0.05) is 13.1 Å². The molecule has 1 saturated heterocycles. The minimum Gasteiger partial charge on any atom is -0.492 e. The summed E-state index contributed by atoms with van der Waals surface area (Å²) in [5.41, 5.74) is 6.72. The number of hydrogen-bond acceptors (Lipinski definition) is 7. The molecule has 1 aromatic carbocycles. The van der Waals surface area contributed by atoms with E-state index in [-0.39, 0.29) is 5.41 Å². The number of ether oxygens (including phenoxy) is 2. The van der Waals surface area contributed by atoms with Crippen molar-refractivity contribution >= 4 is 28.4 Å². The lowest BCUT2D eigenvalue weighted by molar-refractivity contribution is 0.0939. The summed E-state index contributed by atoms with van der Waals surface area (Å²) in [4.78, 5) is 31.4. The van der Waals surface area contributed by atoms with Gasteiger partial charge in [-0.05, 0) is 30.0 Å². The van der Waals surface area contributed by atoms with Gasteiger partial charge in [-0.25, -0.2) is 15.2 Å². The lowest BCUT2D eigenvalue weighted by Gasteiger charge is -2.25. The summed E-state index contributed by atoms with van der Waals surface area (Å²) >= 11 is 1.30. The van der Waals surface area contributed by atoms with Gasteiger partial charge in [-0.2, -0.15) is 0 Å². The van der Waals surface area contributed by atoms with Crippen molar-refractivity contribution in [3.63, 3.8) is 0 Å². The number of thiazole rings is 1. The molecule has 10 heteroatoms. The number of carbonyl (C=O) groups excluding carboxylic acids is 2. The number of carbonyl (C=O) groups is 2. The van der Waals surface area contributed by atoms with Gasteiger partial charge in [0.2, 0.25) is 0 Å². The molecule has 0 unspecified atom stereocenters. The Hall–Kier alpha value is -2.85. The number of anilines is 1. The highest BCUT2D eigenvalue weighted by Gasteiger charge is 2.20. The van der Waals surface area contributed by atoms with Gasteiger partial charge >= 0.3 is 6.03 Å². The topological polar surface area (TPSA) is 105 Å². The highest BCUT2D eigenvalue weighted by molar-refractivity contribution is 7.17. The van der Waals surface area contributed by atoms with Crippen LogP contribution in [0.5, 0.6) is 5.75 Å². The van der Waals surface area contributed by atoms with Crippen molar-refractivity contribution in [1.29, 1.82) is 0 Å². The number of benzene rings is 1. The van der Waals surface area contributed by atoms with Gasteiger partial charge in [0.25, 0.3) is 5.91 Å². The second-order valence-corrected chi connectivity index (χ2v) is 9.45. The van der Waals surface area contributed by atoms with Crippen LogP contribution in [0.4, 0.5) is 9.93 Å². The van der Waals surface area contributed by atoms with Gasteiger partial charge in [0.05, 0.1) is 25.5 Å². The number of aromatic nitrogens is 1. The third kappa shape index (κ3) is 6.57. The van der Waals surface area contributed by atoms with Gasteiger partial charge in [-0.3, -0.25) is 10.2 Å². The Morgan fingerprint density at radius 2 is 1.84 bits per heavy atom. The molecule has 1 fully saturated rings. The van der Waals surface area contributed by atoms with Crippen LogP contribution in [0.15, 0.2) is 24.3 Å². The van der Waals surface area contributed by atoms with Gasteiger partial charge in [-0.1, -0.05) is 44.2 Å². The number of morpholine rings is 1. The van der Waals surface area contributed by atoms with Gasteiger partial charge in [-0.15, -0.1) is 0 Å². The average Bonchev–Trinajstić information content (AvgIpc) is 3.17. The standard InChI is InChI=1S/C22H31N5O4S/c1-15-18(32-21(24-15)27-10-13-30-14-11-27)19(28)25-26-20(29)23-9-12-31-17-7-5-16(6-8-17)22(2,3)4/h5-8H,9-14H2,1-4H3,(H,25,28)(H2,23,26,29). The van der Waals surface area contributed by atoms with Crippen molar-refractivity contribution in [2.75, 3.05) is 44.4 Å². The number of rotatable bonds is 6. The fourth-order valence-electron chi connectivity index (χ4n) is 3.08. The molecular formula is C22H31N5O4S. The summed E-state index contributed by atoms with van der Waals surface area (Å²) in [5, 5.41) is 3.43. The largest absolute Gasteiger partial charge is 0.492 e. The highest BCUT2D eigenvalue weighted by Crippen LogP contribution is 2.26. The molecule has 9 nitrogen and oxygen atoms in total. The van der Waals surface area contributed by atoms with Crippen LogP contribution < -0.4 is 25.8 Å². The minimum atomic E-state index is -0.513. The smallest absolute Gasteiger partial charge is 0.333 e. The maximum atomic E-state index is 12.4. The van der Waals surface area contributed by atoms with Crippen LogP contribution in [0.25, 0.3) is 0 Å². The van der Waals surface area contributed by atoms with E-state index in [2.05, 4.69) is 46.8 Å². The third-order valence-electron chi connectivity index (χ3n) is 4.94. The molecule has 1 aromatic heterocycles. The minimum absolute atomic E-state index is 0.0877. The molecule has 0 atom stereocenters. The first-order valence-corrected chi connectivity index (χ1v) is 11.4. The summed E-state index contributed by atoms with van der Waals surface area (Å²) in [6, 6.07) is 7.40. The van der Waals surface area contributed by atoms with E-state index in [1.165, 1.54) is 16.9 Å². The van der Waals surface area contributed by atoms with E-state index in [0.717, 1.165) is 24.0 Å². The zero-order valence-electron chi connectivity index (χ0n) is 19.0. The van der Waals surface area contributed by atoms with E-state index in [1.807, 2.05) is 24.3 Å². The van der Waals surface area contributed by atoms with Crippen LogP contribution in [-0.2, 0) is 10.2 Å². The predicted octanol–water partition coefficient (Wildman–Crippen LogP) is 2.61. The second kappa shape index (κ2) is 10.6. The monoisotopic (exact) mass is 461 g/mol. The van der Waals surface area contributed by atoms with Crippen LogP contribution in [0.3, 0.4) is 0 Å². The molecule has 0 bridgehead atoms. The van der Waals surface area contributed by atoms with Crippen LogP contribution in [-0.4, -0.2) is 56.4 Å². The summed E-state index contributed by atoms with van der Waals surface area (Å²) in [6.45, 7) is 11.6. The Morgan fingerprint density at radius 3 is 2.50 bits per heavy atom. The molecule has 0 radical (unpaired) electrons. The van der Waals surface area contributed by atoms with Crippen molar-refractivity contribution in [3.8, 4) is 5.75 Å². The van der Waals surface area contributed by atoms with E-state index in [0.29, 0.717) is 36.9 Å². The fourth-order valence-corrected chi connectivity index (χ4v) is 4.10. The zero-order chi connectivity index (χ0) is 23.1. The number of nitrogens with zero attached hydrogens (tertiary/aromatic N) is 2. The van der Waals surface area contributed by atoms with Crippen molar-refractivity contribution in [1.82, 2.24) is 21.2 Å². The molecule has 3 rings (SSSR count). The average molecular weight is 462 g/mol. The first kappa shape index (κ1) is 23.8. The molecule has 0 aliphatic carbocycles. The van der Waals surface area contributed by atoms with E-state index in [1.54, 1.807) is 6.92 Å². The van der Waals surface area contributed by atoms with E-state index in [4.69, 9.17) is 9.47 Å². The van der Waals surface area contributed by atoms with Gasteiger partial charge in [0.1, 0.15) is 17.2 Å². The number of hydrazine groups is 1. The van der Waals surface area contributed by atoms with Gasteiger partial charge in [0.15, 0.2) is 5.13 Å². The van der Waals surface area contributed by atoms with Crippen LogP contribution in [0.1, 0.15) is 41.7 Å². The maximum Gasteiger partial charge on any atom is 0.333 e. The normalized spacial score (nSPS) is 14.1. The molecule has 1 aliphatic rings. The first-order chi connectivity index (χ1) is 15.2. The molecule has 2 heterocycles. The Morgan fingerprint density at radius 1 is 1.16 bits per heavy atom. The Kier molecular flexibility index (Phi) is 7.92. The molecule has 32 heavy (non-hydrogen) atoms. The van der Waals surface area contributed by atoms with Crippen molar-refractivity contribution in [3.05, 3.63) is 40.4 Å². The third-order valence-corrected chi connectivity index (χ3v) is 6.16. The van der Waals surface area contributed by atoms with Gasteiger partial charge < -0.3 is 19.7 Å². The first-order valence-electron chi connectivity index (χ1n) is 10.6. The molecule has 0 saturated carbocycles. The summed E-state index contributed by atoms with van der Waals surface area (Å²) in [6.07, 6.45) is 0. The van der Waals surface area contributed by atoms with E-state index in [9.17, 15) is 9.59 Å². The number of hydrogen-bond donors (Lipinski definition) is 3. The van der Waals surface area contributed by atoms with Crippen LogP contribution >= 0.6 is 11.3 Å². The van der Waals surface area contributed by atoms with Crippen molar-refractivity contribution in [2.24, 2.45) is 0 Å². The number of urea groups is 1. The summed E-state index contributed by atoms with van der Waals surface area (Å²) in [5.74, 6) is 0.343. The molecule has 2 aromatic rings. The Bertz CT molecular complexity index is 917. The highest BCUT2D eigenvalue weighted by atomic mass is 32.1. The SMILES string of the molecule is Cc1nc(N2CCOCC2)sc1C(=O)NNC(=O)NCCOc1ccc(C(C)(C)C)cc1. The Labute approximate surface area is 192 Å². The van der Waals surface area contributed by atoms with Crippen LogP contribution in [0, 0.1) is 6.92 Å². The molecular weight excluding hydrogens is 430 g/mol. The zero-order valence-corrected chi connectivity index (χ0v) is 19.8. The van der Waals surface area contributed by atoms with E-state index >= 15 is 0 Å². The number of aryl methyl sites for hydroxylation is 1. The fraction of sp³-hybridized carbons (Fsp3) is 0.500. The molecule has 0 spiro atoms. The van der Waals surface area contributed by atoms with E-state index < -0.39 is 11.9 Å². The van der Waals surface area contributed by atoms with Crippen molar-refractivity contribution in [2.45, 2.75) is 33.1 Å². The number of nitrogens with one attached hydrogen (secondary N) is 3. The summed E-state index contributed by atoms with van der Waals surface area (Å²) in [7, 11) is 0. The predicted molar refractivity (Wildman–Crippen MR) is 125 cm³/mol. The Balaban J connectivity index is 1.37. The maximum absolute atomic E-state index is 12.4. The molecule has 3 N–H and O–H groups in total.